The van der Waals surface area contributed by atoms with Crippen LogP contribution in [0.25, 0.3) is 16.8 Å². The Bertz CT molecular complexity index is 1870. The van der Waals surface area contributed by atoms with Crippen molar-refractivity contribution in [2.75, 3.05) is 25.3 Å². The van der Waals surface area contributed by atoms with E-state index >= 15 is 0 Å². The summed E-state index contributed by atoms with van der Waals surface area (Å²) in [7, 11) is -0.434. The van der Waals surface area contributed by atoms with Gasteiger partial charge in [0.2, 0.25) is 5.95 Å². The molecule has 216 valence electrons. The van der Waals surface area contributed by atoms with Crippen LogP contribution < -0.4 is 20.1 Å². The fourth-order valence-corrected chi connectivity index (χ4v) is 5.20. The first kappa shape index (κ1) is 28.6. The van der Waals surface area contributed by atoms with Crippen LogP contribution in [0, 0.1) is 5.82 Å². The minimum absolute atomic E-state index is 0.0153. The highest BCUT2D eigenvalue weighted by atomic mass is 32.2. The second-order valence-corrected chi connectivity index (χ2v) is 11.5. The quantitative estimate of drug-likeness (QED) is 0.233. The maximum Gasteiger partial charge on any atom is 0.255 e. The number of sulfone groups is 1. The van der Waals surface area contributed by atoms with Gasteiger partial charge in [0.15, 0.2) is 15.5 Å². The first-order valence-corrected chi connectivity index (χ1v) is 14.6. The fraction of sp³-hybridized carbons (Fsp3) is 0.167. The maximum atomic E-state index is 13.1. The van der Waals surface area contributed by atoms with Crippen molar-refractivity contribution < 1.29 is 27.1 Å². The molecule has 10 nitrogen and oxygen atoms in total. The van der Waals surface area contributed by atoms with E-state index in [-0.39, 0.29) is 28.9 Å². The van der Waals surface area contributed by atoms with Crippen molar-refractivity contribution in [3.8, 4) is 22.6 Å². The van der Waals surface area contributed by atoms with Crippen molar-refractivity contribution in [2.24, 2.45) is 0 Å². The number of carbonyl (C=O) groups is 1. The Morgan fingerprint density at radius 1 is 0.929 bits per heavy atom. The molecule has 0 aliphatic rings. The van der Waals surface area contributed by atoms with E-state index < -0.39 is 9.84 Å². The predicted octanol–water partition coefficient (Wildman–Crippen LogP) is 5.02. The number of hydrogen-bond acceptors (Lipinski definition) is 8. The van der Waals surface area contributed by atoms with E-state index in [1.165, 1.54) is 38.5 Å². The number of anilines is 2. The molecule has 0 bridgehead atoms. The molecule has 0 fully saturated rings. The van der Waals surface area contributed by atoms with Crippen molar-refractivity contribution in [3.05, 3.63) is 95.9 Å². The zero-order valence-electron chi connectivity index (χ0n) is 23.1. The van der Waals surface area contributed by atoms with Crippen molar-refractivity contribution >= 4 is 33.0 Å². The molecule has 42 heavy (non-hydrogen) atoms. The van der Waals surface area contributed by atoms with Gasteiger partial charge >= 0.3 is 0 Å². The van der Waals surface area contributed by atoms with E-state index in [4.69, 9.17) is 9.47 Å². The summed E-state index contributed by atoms with van der Waals surface area (Å²) >= 11 is 0. The van der Waals surface area contributed by atoms with Crippen LogP contribution in [-0.4, -0.2) is 48.9 Å². The average molecular weight is 590 g/mol. The summed E-state index contributed by atoms with van der Waals surface area (Å²) < 4.78 is 50.2. The second kappa shape index (κ2) is 11.9. The lowest BCUT2D eigenvalue weighted by Gasteiger charge is -2.12. The molecule has 2 N–H and O–H groups in total. The zero-order valence-corrected chi connectivity index (χ0v) is 23.9. The Kier molecular flexibility index (Phi) is 8.07. The molecule has 5 aromatic rings. The molecule has 0 spiro atoms. The maximum absolute atomic E-state index is 13.1. The number of ether oxygens (including phenoxy) is 2. The molecule has 3 aromatic carbocycles. The third kappa shape index (κ3) is 6.03. The number of hydrogen-bond donors (Lipinski definition) is 2. The fourth-order valence-electron chi connectivity index (χ4n) is 4.30. The molecular weight excluding hydrogens is 561 g/mol. The van der Waals surface area contributed by atoms with Gasteiger partial charge in [0, 0.05) is 24.4 Å². The molecule has 12 heteroatoms. The largest absolute Gasteiger partial charge is 0.496 e. The monoisotopic (exact) mass is 589 g/mol. The molecule has 0 saturated carbocycles. The van der Waals surface area contributed by atoms with Gasteiger partial charge in [-0.15, -0.1) is 5.10 Å². The number of amides is 1. The molecule has 0 aliphatic heterocycles. The summed E-state index contributed by atoms with van der Waals surface area (Å²) in [4.78, 5) is 17.5. The van der Waals surface area contributed by atoms with Crippen LogP contribution >= 0.6 is 0 Å². The van der Waals surface area contributed by atoms with Crippen molar-refractivity contribution in [1.82, 2.24) is 19.9 Å². The van der Waals surface area contributed by atoms with E-state index in [9.17, 15) is 17.6 Å². The standard InChI is InChI=1S/C30H28FN5O5S/c1-4-42(38,39)23-11-13-25(27(16-23)41-3)33-30-34-28-14-8-21(18-36(28)35-30)20-7-12-24(26(15-20)40-2)29(37)32-17-19-5-9-22(31)10-6-19/h5-16,18H,4,17H2,1-3H3,(H,32,37)(H,33,35). The molecule has 1 amide bonds. The van der Waals surface area contributed by atoms with Gasteiger partial charge in [0.25, 0.3) is 5.91 Å². The Hall–Kier alpha value is -4.97. The van der Waals surface area contributed by atoms with Gasteiger partial charge in [-0.25, -0.2) is 17.3 Å². The molecule has 0 radical (unpaired) electrons. The normalized spacial score (nSPS) is 11.3. The minimum Gasteiger partial charge on any atom is -0.496 e. The number of methoxy groups -OCH3 is 2. The summed E-state index contributed by atoms with van der Waals surface area (Å²) in [6.45, 7) is 1.83. The van der Waals surface area contributed by atoms with Crippen LogP contribution in [0.1, 0.15) is 22.8 Å². The molecular formula is C30H28FN5O5S. The van der Waals surface area contributed by atoms with Crippen LogP contribution in [0.2, 0.25) is 0 Å². The highest BCUT2D eigenvalue weighted by Crippen LogP contribution is 2.31. The van der Waals surface area contributed by atoms with Gasteiger partial charge in [-0.2, -0.15) is 4.98 Å². The van der Waals surface area contributed by atoms with Gasteiger partial charge in [0.05, 0.1) is 36.1 Å². The van der Waals surface area contributed by atoms with Crippen LogP contribution in [0.4, 0.5) is 16.0 Å². The van der Waals surface area contributed by atoms with E-state index in [2.05, 4.69) is 20.7 Å². The number of nitrogens with one attached hydrogen (secondary N) is 2. The van der Waals surface area contributed by atoms with E-state index in [1.807, 2.05) is 12.1 Å². The second-order valence-electron chi connectivity index (χ2n) is 9.27. The van der Waals surface area contributed by atoms with Gasteiger partial charge in [-0.05, 0) is 59.7 Å². The Balaban J connectivity index is 1.35. The van der Waals surface area contributed by atoms with Crippen molar-refractivity contribution in [1.29, 1.82) is 0 Å². The predicted molar refractivity (Wildman–Crippen MR) is 157 cm³/mol. The molecule has 0 aliphatic carbocycles. The summed E-state index contributed by atoms with van der Waals surface area (Å²) in [5.41, 5.74) is 3.83. The lowest BCUT2D eigenvalue weighted by molar-refractivity contribution is 0.0948. The topological polar surface area (TPSA) is 124 Å². The lowest BCUT2D eigenvalue weighted by Crippen LogP contribution is -2.23. The van der Waals surface area contributed by atoms with Crippen molar-refractivity contribution in [2.45, 2.75) is 18.4 Å². The van der Waals surface area contributed by atoms with E-state index in [0.717, 1.165) is 16.7 Å². The number of halogens is 1. The van der Waals surface area contributed by atoms with Gasteiger partial charge in [0.1, 0.15) is 17.3 Å². The van der Waals surface area contributed by atoms with Gasteiger partial charge in [-0.1, -0.05) is 25.1 Å². The molecule has 2 aromatic heterocycles. The van der Waals surface area contributed by atoms with Crippen LogP contribution in [-0.2, 0) is 16.4 Å². The number of benzene rings is 3. The van der Waals surface area contributed by atoms with Crippen LogP contribution in [0.5, 0.6) is 11.5 Å². The summed E-state index contributed by atoms with van der Waals surface area (Å²) in [6.07, 6.45) is 1.80. The summed E-state index contributed by atoms with van der Waals surface area (Å²) in [6, 6.07) is 19.4. The summed E-state index contributed by atoms with van der Waals surface area (Å²) in [5.74, 6) is 0.362. The Labute approximate surface area is 242 Å². The average Bonchev–Trinajstić information content (AvgIpc) is 3.42. The smallest absolute Gasteiger partial charge is 0.255 e. The minimum atomic E-state index is -3.39. The van der Waals surface area contributed by atoms with Crippen molar-refractivity contribution in [3.63, 3.8) is 0 Å². The number of carbonyl (C=O) groups excluding carboxylic acids is 1. The van der Waals surface area contributed by atoms with E-state index in [0.29, 0.717) is 34.3 Å². The Morgan fingerprint density at radius 3 is 2.38 bits per heavy atom. The first-order valence-electron chi connectivity index (χ1n) is 13.0. The number of pyridine rings is 1. The number of fused-ring (bicyclic) bond motifs is 1. The van der Waals surface area contributed by atoms with Gasteiger partial charge < -0.3 is 20.1 Å². The number of nitrogens with zero attached hydrogens (tertiary/aromatic N) is 3. The first-order chi connectivity index (χ1) is 20.2. The lowest BCUT2D eigenvalue weighted by atomic mass is 10.0. The van der Waals surface area contributed by atoms with Crippen LogP contribution in [0.3, 0.4) is 0 Å². The molecule has 0 atom stereocenters. The highest BCUT2D eigenvalue weighted by molar-refractivity contribution is 7.91. The van der Waals surface area contributed by atoms with Crippen LogP contribution in [0.15, 0.2) is 83.9 Å². The summed E-state index contributed by atoms with van der Waals surface area (Å²) in [5, 5.41) is 10.4. The molecule has 2 heterocycles. The zero-order chi connectivity index (χ0) is 29.9. The third-order valence-corrected chi connectivity index (χ3v) is 8.37. The Morgan fingerprint density at radius 2 is 1.67 bits per heavy atom. The number of aromatic nitrogens is 3. The van der Waals surface area contributed by atoms with Gasteiger partial charge in [-0.3, -0.25) is 4.79 Å². The molecule has 0 unspecified atom stereocenters. The molecule has 5 rings (SSSR count). The SMILES string of the molecule is CCS(=O)(=O)c1ccc(Nc2nc3ccc(-c4ccc(C(=O)NCc5ccc(F)cc5)c(OC)c4)cn3n2)c(OC)c1. The number of rotatable bonds is 10. The third-order valence-electron chi connectivity index (χ3n) is 6.64. The van der Waals surface area contributed by atoms with E-state index in [1.54, 1.807) is 54.0 Å². The molecule has 0 saturated heterocycles. The highest BCUT2D eigenvalue weighted by Gasteiger charge is 2.17.